The van der Waals surface area contributed by atoms with Crippen molar-refractivity contribution in [2.45, 2.75) is 26.7 Å². The first kappa shape index (κ1) is 20.2. The average Bonchev–Trinajstić information content (AvgIpc) is 3.07. The van der Waals surface area contributed by atoms with E-state index >= 15 is 0 Å². The van der Waals surface area contributed by atoms with Crippen LogP contribution in [-0.4, -0.2) is 10.9 Å². The quantitative estimate of drug-likeness (QED) is 0.417. The molecule has 0 saturated carbocycles. The maximum atomic E-state index is 12.8. The third-order valence-electron chi connectivity index (χ3n) is 4.89. The van der Waals surface area contributed by atoms with Crippen LogP contribution in [0.3, 0.4) is 0 Å². The minimum absolute atomic E-state index is 0.297. The number of carbonyl (C=O) groups is 1. The number of hydrogen-bond acceptors (Lipinski definition) is 3. The number of allylic oxidation sites excluding steroid dienone is 1. The molecule has 0 aliphatic heterocycles. The van der Waals surface area contributed by atoms with E-state index in [0.717, 1.165) is 39.9 Å². The van der Waals surface area contributed by atoms with Crippen LogP contribution in [0, 0.1) is 6.92 Å². The Morgan fingerprint density at radius 1 is 1.17 bits per heavy atom. The minimum atomic E-state index is -0.316. The van der Waals surface area contributed by atoms with E-state index in [0.29, 0.717) is 27.2 Å². The first-order chi connectivity index (χ1) is 13.8. The Kier molecular flexibility index (Phi) is 5.56. The minimum Gasteiger partial charge on any atom is -0.436 e. The molecule has 1 N–H and O–H groups in total. The first-order valence-corrected chi connectivity index (χ1v) is 10.6. The number of oxazole rings is 1. The zero-order valence-corrected chi connectivity index (χ0v) is 18.9. The fraction of sp³-hybridized carbons (Fsp3) is 0.182. The highest BCUT2D eigenvalue weighted by molar-refractivity contribution is 9.10. The Bertz CT molecular complexity index is 1170. The molecule has 0 spiro atoms. The fourth-order valence-corrected chi connectivity index (χ4v) is 4.23. The number of rotatable bonds is 3. The molecular formula is C22H17BrCl2N2O2. The van der Waals surface area contributed by atoms with E-state index in [9.17, 15) is 4.79 Å². The van der Waals surface area contributed by atoms with Crippen molar-refractivity contribution in [1.82, 2.24) is 4.98 Å². The zero-order chi connectivity index (χ0) is 20.7. The summed E-state index contributed by atoms with van der Waals surface area (Å²) >= 11 is 15.6. The van der Waals surface area contributed by atoms with Gasteiger partial charge in [-0.05, 0) is 68.7 Å². The van der Waals surface area contributed by atoms with Gasteiger partial charge in [0.2, 0.25) is 5.89 Å². The fourth-order valence-electron chi connectivity index (χ4n) is 3.28. The number of anilines is 1. The van der Waals surface area contributed by atoms with Crippen molar-refractivity contribution < 1.29 is 9.21 Å². The number of carbonyl (C=O) groups excluding carboxylic acids is 1. The van der Waals surface area contributed by atoms with Crippen molar-refractivity contribution in [2.24, 2.45) is 0 Å². The summed E-state index contributed by atoms with van der Waals surface area (Å²) < 4.78 is 6.82. The number of nitrogens with zero attached hydrogens (tertiary/aromatic N) is 1. The van der Waals surface area contributed by atoms with Crippen molar-refractivity contribution in [1.29, 1.82) is 0 Å². The molecule has 0 bridgehead atoms. The summed E-state index contributed by atoms with van der Waals surface area (Å²) in [4.78, 5) is 17.4. The second-order valence-electron chi connectivity index (χ2n) is 7.02. The van der Waals surface area contributed by atoms with E-state index in [1.165, 1.54) is 5.57 Å². The van der Waals surface area contributed by atoms with Gasteiger partial charge in [0, 0.05) is 20.7 Å². The normalized spacial score (nSPS) is 13.1. The molecule has 1 amide bonds. The number of halogens is 3. The molecule has 0 unspecified atom stereocenters. The van der Waals surface area contributed by atoms with Gasteiger partial charge in [0.25, 0.3) is 5.91 Å². The van der Waals surface area contributed by atoms with Gasteiger partial charge in [-0.1, -0.05) is 44.7 Å². The highest BCUT2D eigenvalue weighted by Gasteiger charge is 2.20. The van der Waals surface area contributed by atoms with Gasteiger partial charge in [0.1, 0.15) is 0 Å². The predicted octanol–water partition coefficient (Wildman–Crippen LogP) is 7.32. The van der Waals surface area contributed by atoms with Crippen LogP contribution in [-0.2, 0) is 6.42 Å². The second kappa shape index (κ2) is 7.98. The second-order valence-corrected chi connectivity index (χ2v) is 8.78. The van der Waals surface area contributed by atoms with E-state index in [4.69, 9.17) is 27.6 Å². The summed E-state index contributed by atoms with van der Waals surface area (Å²) in [6, 6.07) is 8.56. The third kappa shape index (κ3) is 4.13. The topological polar surface area (TPSA) is 55.1 Å². The summed E-state index contributed by atoms with van der Waals surface area (Å²) in [5.41, 5.74) is 4.91. The van der Waals surface area contributed by atoms with Crippen LogP contribution in [0.4, 0.5) is 5.69 Å². The van der Waals surface area contributed by atoms with Crippen molar-refractivity contribution in [3.05, 3.63) is 73.0 Å². The van der Waals surface area contributed by atoms with Crippen molar-refractivity contribution in [3.8, 4) is 11.5 Å². The number of hydrogen-bond donors (Lipinski definition) is 1. The molecule has 0 radical (unpaired) electrons. The number of amides is 1. The van der Waals surface area contributed by atoms with Crippen LogP contribution in [0.1, 0.15) is 40.7 Å². The van der Waals surface area contributed by atoms with Crippen LogP contribution in [0.5, 0.6) is 0 Å². The lowest BCUT2D eigenvalue weighted by Crippen LogP contribution is -2.13. The van der Waals surface area contributed by atoms with Gasteiger partial charge >= 0.3 is 0 Å². The van der Waals surface area contributed by atoms with E-state index in [1.807, 2.05) is 25.1 Å². The Morgan fingerprint density at radius 3 is 2.72 bits per heavy atom. The van der Waals surface area contributed by atoms with Gasteiger partial charge < -0.3 is 9.73 Å². The van der Waals surface area contributed by atoms with Crippen LogP contribution in [0.15, 0.2) is 44.8 Å². The molecule has 0 saturated heterocycles. The number of aryl methyl sites for hydroxylation is 1. The smallest absolute Gasteiger partial charge is 0.257 e. The lowest BCUT2D eigenvalue weighted by Gasteiger charge is -2.13. The largest absolute Gasteiger partial charge is 0.436 e. The van der Waals surface area contributed by atoms with Crippen LogP contribution < -0.4 is 5.32 Å². The molecule has 2 aromatic carbocycles. The molecule has 7 heteroatoms. The summed E-state index contributed by atoms with van der Waals surface area (Å²) in [6.45, 7) is 4.01. The van der Waals surface area contributed by atoms with Gasteiger partial charge in [0.15, 0.2) is 5.76 Å². The molecule has 4 nitrogen and oxygen atoms in total. The van der Waals surface area contributed by atoms with E-state index in [-0.39, 0.29) is 5.91 Å². The number of nitrogens with one attached hydrogen (secondary N) is 1. The lowest BCUT2D eigenvalue weighted by atomic mass is 10.0. The molecule has 4 rings (SSSR count). The Labute approximate surface area is 187 Å². The Morgan fingerprint density at radius 2 is 1.97 bits per heavy atom. The predicted molar refractivity (Wildman–Crippen MR) is 121 cm³/mol. The number of aromatic nitrogens is 1. The summed E-state index contributed by atoms with van der Waals surface area (Å²) in [5.74, 6) is 1.03. The highest BCUT2D eigenvalue weighted by atomic mass is 79.9. The SMILES string of the molecule is CC1=Cc2oc(-c3cc(Br)cc(NC(=O)c4ccc(Cl)cc4Cl)c3C)nc2CC1. The van der Waals surface area contributed by atoms with Gasteiger partial charge in [-0.15, -0.1) is 0 Å². The zero-order valence-electron chi connectivity index (χ0n) is 15.8. The summed E-state index contributed by atoms with van der Waals surface area (Å²) in [5, 5.41) is 3.70. The van der Waals surface area contributed by atoms with Crippen molar-refractivity contribution >= 4 is 56.8 Å². The van der Waals surface area contributed by atoms with Crippen molar-refractivity contribution in [3.63, 3.8) is 0 Å². The van der Waals surface area contributed by atoms with E-state index in [2.05, 4.69) is 33.2 Å². The number of fused-ring (bicyclic) bond motifs is 1. The Balaban J connectivity index is 1.70. The van der Waals surface area contributed by atoms with E-state index < -0.39 is 0 Å². The Hall–Kier alpha value is -2.08. The van der Waals surface area contributed by atoms with Crippen LogP contribution in [0.25, 0.3) is 17.5 Å². The van der Waals surface area contributed by atoms with Crippen molar-refractivity contribution in [2.75, 3.05) is 5.32 Å². The van der Waals surface area contributed by atoms with Gasteiger partial charge in [0.05, 0.1) is 16.3 Å². The summed E-state index contributed by atoms with van der Waals surface area (Å²) in [7, 11) is 0. The standard InChI is InChI=1S/C22H17BrCl2N2O2/c1-11-3-6-18-20(7-11)29-22(27-18)16-8-13(23)9-19(12(16)2)26-21(28)15-5-4-14(24)10-17(15)25/h4-5,7-10H,3,6H2,1-2H3,(H,26,28). The molecule has 148 valence electrons. The van der Waals surface area contributed by atoms with Gasteiger partial charge in [-0.3, -0.25) is 4.79 Å². The maximum Gasteiger partial charge on any atom is 0.257 e. The number of benzene rings is 2. The van der Waals surface area contributed by atoms with E-state index in [1.54, 1.807) is 18.2 Å². The highest BCUT2D eigenvalue weighted by Crippen LogP contribution is 2.35. The molecule has 0 fully saturated rings. The monoisotopic (exact) mass is 490 g/mol. The molecule has 29 heavy (non-hydrogen) atoms. The lowest BCUT2D eigenvalue weighted by molar-refractivity contribution is 0.102. The molecule has 1 aliphatic rings. The maximum absolute atomic E-state index is 12.8. The molecule has 3 aromatic rings. The van der Waals surface area contributed by atoms with Gasteiger partial charge in [-0.2, -0.15) is 0 Å². The van der Waals surface area contributed by atoms with Crippen LogP contribution in [0.2, 0.25) is 10.0 Å². The molecule has 1 heterocycles. The van der Waals surface area contributed by atoms with Gasteiger partial charge in [-0.25, -0.2) is 4.98 Å². The third-order valence-corrected chi connectivity index (χ3v) is 5.89. The first-order valence-electron chi connectivity index (χ1n) is 9.05. The molecular weight excluding hydrogens is 475 g/mol. The van der Waals surface area contributed by atoms with Crippen LogP contribution >= 0.6 is 39.1 Å². The molecule has 1 aromatic heterocycles. The molecule has 1 aliphatic carbocycles. The summed E-state index contributed by atoms with van der Waals surface area (Å²) in [6.07, 6.45) is 3.89. The average molecular weight is 492 g/mol. The molecule has 0 atom stereocenters.